The first-order chi connectivity index (χ1) is 14.6. The Morgan fingerprint density at radius 2 is 1.93 bits per heavy atom. The van der Waals surface area contributed by atoms with Gasteiger partial charge < -0.3 is 14.6 Å². The first-order valence-corrected chi connectivity index (χ1v) is 10.1. The minimum atomic E-state index is -0.345. The summed E-state index contributed by atoms with van der Waals surface area (Å²) < 4.78 is 9.10. The van der Waals surface area contributed by atoms with Gasteiger partial charge in [0.15, 0.2) is 0 Å². The molecule has 4 rings (SSSR count). The molecule has 1 amide bonds. The number of anilines is 1. The Bertz CT molecular complexity index is 1220. The molecule has 1 N–H and O–H groups in total. The summed E-state index contributed by atoms with van der Waals surface area (Å²) in [5, 5.41) is 7.35. The van der Waals surface area contributed by atoms with E-state index in [2.05, 4.69) is 26.3 Å². The van der Waals surface area contributed by atoms with E-state index in [1.807, 2.05) is 30.3 Å². The number of rotatable bonds is 6. The van der Waals surface area contributed by atoms with Crippen molar-refractivity contribution in [1.82, 2.24) is 14.3 Å². The van der Waals surface area contributed by atoms with Crippen LogP contribution in [0.15, 0.2) is 76.3 Å². The molecule has 0 spiro atoms. The first-order valence-electron chi connectivity index (χ1n) is 9.31. The van der Waals surface area contributed by atoms with Crippen LogP contribution in [0, 0.1) is 0 Å². The maximum Gasteiger partial charge on any atom is 0.282 e. The Morgan fingerprint density at radius 3 is 2.67 bits per heavy atom. The largest absolute Gasteiger partial charge is 0.383 e. The van der Waals surface area contributed by atoms with Crippen LogP contribution in [0.5, 0.6) is 0 Å². The first kappa shape index (κ1) is 20.1. The van der Waals surface area contributed by atoms with E-state index in [4.69, 9.17) is 4.74 Å². The van der Waals surface area contributed by atoms with E-state index in [1.54, 1.807) is 48.3 Å². The number of amides is 1. The number of halogens is 1. The predicted molar refractivity (Wildman–Crippen MR) is 118 cm³/mol. The molecule has 0 fully saturated rings. The van der Waals surface area contributed by atoms with Crippen molar-refractivity contribution in [2.45, 2.75) is 6.54 Å². The molecule has 2 aromatic carbocycles. The molecule has 0 saturated carbocycles. The number of aromatic nitrogens is 3. The molecule has 0 bridgehead atoms. The number of hydrogen-bond acceptors (Lipinski definition) is 4. The maximum absolute atomic E-state index is 13.1. The van der Waals surface area contributed by atoms with Crippen LogP contribution in [0.1, 0.15) is 10.4 Å². The second-order valence-corrected chi connectivity index (χ2v) is 7.60. The van der Waals surface area contributed by atoms with Crippen molar-refractivity contribution in [3.05, 3.63) is 87.4 Å². The van der Waals surface area contributed by atoms with Crippen molar-refractivity contribution < 1.29 is 9.53 Å². The molecular weight excluding hydrogens is 448 g/mol. The second-order valence-electron chi connectivity index (χ2n) is 6.68. The van der Waals surface area contributed by atoms with Crippen molar-refractivity contribution in [2.75, 3.05) is 19.0 Å². The van der Waals surface area contributed by atoms with Gasteiger partial charge in [0.2, 0.25) is 0 Å². The number of methoxy groups -OCH3 is 1. The third-order valence-corrected chi connectivity index (χ3v) is 5.10. The molecule has 0 unspecified atom stereocenters. The van der Waals surface area contributed by atoms with Gasteiger partial charge in [-0.1, -0.05) is 40.2 Å². The fraction of sp³-hybridized carbons (Fsp3) is 0.136. The summed E-state index contributed by atoms with van der Waals surface area (Å²) in [6, 6.07) is 16.4. The number of para-hydroxylation sites is 1. The zero-order valence-corrected chi connectivity index (χ0v) is 17.8. The Hall–Kier alpha value is -3.23. The van der Waals surface area contributed by atoms with Crippen LogP contribution < -0.4 is 10.9 Å². The van der Waals surface area contributed by atoms with Crippen molar-refractivity contribution in [3.63, 3.8) is 0 Å². The normalized spacial score (nSPS) is 11.0. The van der Waals surface area contributed by atoms with Crippen LogP contribution in [0.3, 0.4) is 0 Å². The number of pyridine rings is 1. The second kappa shape index (κ2) is 8.64. The van der Waals surface area contributed by atoms with Gasteiger partial charge in [0.1, 0.15) is 5.69 Å². The molecule has 2 aromatic rings. The summed E-state index contributed by atoms with van der Waals surface area (Å²) in [4.78, 5) is 26.2. The van der Waals surface area contributed by atoms with Gasteiger partial charge in [-0.15, -0.1) is 0 Å². The number of nitrogens with zero attached hydrogens (tertiary/aromatic N) is 3. The van der Waals surface area contributed by atoms with Crippen molar-refractivity contribution in [3.8, 4) is 16.9 Å². The summed E-state index contributed by atoms with van der Waals surface area (Å²) in [5.41, 5.74) is 2.04. The van der Waals surface area contributed by atoms with Gasteiger partial charge in [-0.2, -0.15) is 9.78 Å². The lowest BCUT2D eigenvalue weighted by atomic mass is 10.1. The maximum atomic E-state index is 13.1. The highest BCUT2D eigenvalue weighted by molar-refractivity contribution is 9.10. The topological polar surface area (TPSA) is 78.2 Å². The lowest BCUT2D eigenvalue weighted by Gasteiger charge is -2.12. The van der Waals surface area contributed by atoms with Crippen molar-refractivity contribution in [1.29, 1.82) is 0 Å². The van der Waals surface area contributed by atoms with Crippen LogP contribution in [-0.4, -0.2) is 34.0 Å². The highest BCUT2D eigenvalue weighted by Gasteiger charge is 2.24. The van der Waals surface area contributed by atoms with Crippen LogP contribution in [0.25, 0.3) is 16.9 Å². The van der Waals surface area contributed by atoms with E-state index in [0.29, 0.717) is 41.3 Å². The Balaban J connectivity index is 1.82. The minimum absolute atomic E-state index is 0.278. The van der Waals surface area contributed by atoms with Gasteiger partial charge in [-0.3, -0.25) is 9.59 Å². The van der Waals surface area contributed by atoms with E-state index >= 15 is 0 Å². The molecule has 8 heteroatoms. The molecule has 0 aliphatic carbocycles. The molecule has 30 heavy (non-hydrogen) atoms. The average molecular weight is 467 g/mol. The number of nitrogens with one attached hydrogen (secondary N) is 1. The molecule has 0 radical (unpaired) electrons. The molecule has 7 nitrogen and oxygen atoms in total. The van der Waals surface area contributed by atoms with Crippen LogP contribution in [-0.2, 0) is 11.3 Å². The van der Waals surface area contributed by atoms with Gasteiger partial charge in [0.25, 0.3) is 11.5 Å². The SMILES string of the molecule is COCCn1cc(C(=O)Nc2cccc(Br)c2)c2nn(-c3ccccc3)c(=O)c-2c1. The zero-order chi connectivity index (χ0) is 21.1. The van der Waals surface area contributed by atoms with Crippen LogP contribution in [0.2, 0.25) is 0 Å². The lowest BCUT2D eigenvalue weighted by Crippen LogP contribution is -2.18. The van der Waals surface area contributed by atoms with Crippen molar-refractivity contribution in [2.24, 2.45) is 0 Å². The molecule has 0 atom stereocenters. The number of carbonyl (C=O) groups is 1. The van der Waals surface area contributed by atoms with Crippen LogP contribution in [0.4, 0.5) is 5.69 Å². The van der Waals surface area contributed by atoms with Gasteiger partial charge in [0, 0.05) is 36.2 Å². The summed E-state index contributed by atoms with van der Waals surface area (Å²) in [6.45, 7) is 0.948. The number of benzene rings is 2. The molecule has 2 aliphatic rings. The number of fused-ring (bicyclic) bond motifs is 1. The monoisotopic (exact) mass is 466 g/mol. The third kappa shape index (κ3) is 4.05. The Labute approximate surface area is 181 Å². The average Bonchev–Trinajstić information content (AvgIpc) is 3.09. The molecule has 152 valence electrons. The minimum Gasteiger partial charge on any atom is -0.383 e. The Morgan fingerprint density at radius 1 is 1.13 bits per heavy atom. The number of ether oxygens (including phenoxy) is 1. The van der Waals surface area contributed by atoms with Gasteiger partial charge in [-0.25, -0.2) is 0 Å². The number of carbonyl (C=O) groups excluding carboxylic acids is 1. The van der Waals surface area contributed by atoms with Gasteiger partial charge in [0.05, 0.1) is 23.4 Å². The highest BCUT2D eigenvalue weighted by atomic mass is 79.9. The molecule has 0 aromatic heterocycles. The molecule has 2 heterocycles. The molecule has 2 aliphatic heterocycles. The quantitative estimate of drug-likeness (QED) is 0.468. The third-order valence-electron chi connectivity index (χ3n) is 4.60. The van der Waals surface area contributed by atoms with Gasteiger partial charge >= 0.3 is 0 Å². The summed E-state index contributed by atoms with van der Waals surface area (Å²) in [7, 11) is 1.60. The number of hydrogen-bond donors (Lipinski definition) is 1. The summed E-state index contributed by atoms with van der Waals surface area (Å²) >= 11 is 3.40. The van der Waals surface area contributed by atoms with E-state index < -0.39 is 0 Å². The summed E-state index contributed by atoms with van der Waals surface area (Å²) in [5.74, 6) is -0.345. The van der Waals surface area contributed by atoms with E-state index in [0.717, 1.165) is 4.47 Å². The summed E-state index contributed by atoms with van der Waals surface area (Å²) in [6.07, 6.45) is 3.40. The molecule has 0 saturated heterocycles. The van der Waals surface area contributed by atoms with Crippen LogP contribution >= 0.6 is 15.9 Å². The van der Waals surface area contributed by atoms with E-state index in [9.17, 15) is 9.59 Å². The smallest absolute Gasteiger partial charge is 0.282 e. The van der Waals surface area contributed by atoms with E-state index in [-0.39, 0.29) is 11.5 Å². The van der Waals surface area contributed by atoms with E-state index in [1.165, 1.54) is 4.68 Å². The zero-order valence-electron chi connectivity index (χ0n) is 16.2. The standard InChI is InChI=1S/C22H19BrN4O3/c1-30-11-10-26-13-18(21(28)24-16-7-5-6-15(23)12-16)20-19(14-26)22(29)27(25-20)17-8-3-2-4-9-17/h2-9,12-14H,10-11H2,1H3,(H,24,28). The Kier molecular flexibility index (Phi) is 5.78. The van der Waals surface area contributed by atoms with Gasteiger partial charge in [-0.05, 0) is 30.3 Å². The lowest BCUT2D eigenvalue weighted by molar-refractivity contribution is 0.102. The predicted octanol–water partition coefficient (Wildman–Crippen LogP) is 3.80. The van der Waals surface area contributed by atoms with Crippen molar-refractivity contribution >= 4 is 27.5 Å². The fourth-order valence-corrected chi connectivity index (χ4v) is 3.56. The fourth-order valence-electron chi connectivity index (χ4n) is 3.16. The highest BCUT2D eigenvalue weighted by Crippen LogP contribution is 2.24. The molecular formula is C22H19BrN4O3.